The van der Waals surface area contributed by atoms with Crippen LogP contribution in [0.2, 0.25) is 0 Å². The molecule has 0 N–H and O–H groups in total. The average molecular weight is 90.1 g/mol. The minimum absolute atomic E-state index is 1.11. The molecule has 0 saturated heterocycles. The average Bonchev–Trinajstić information content (AvgIpc) is 1.67. The molecular formula is C6H4N. The van der Waals surface area contributed by atoms with Gasteiger partial charge in [0.25, 0.3) is 0 Å². The van der Waals surface area contributed by atoms with E-state index in [4.69, 9.17) is 0 Å². The predicted octanol–water partition coefficient (Wildman–Crippen LogP) is 0.996. The van der Waals surface area contributed by atoms with Gasteiger partial charge < -0.3 is 0 Å². The molecule has 1 aliphatic carbocycles. The number of aromatic nitrogens is 1. The second kappa shape index (κ2) is 0.861. The van der Waals surface area contributed by atoms with Crippen molar-refractivity contribution in [1.82, 2.24) is 4.98 Å². The predicted molar refractivity (Wildman–Crippen MR) is 26.7 cm³/mol. The lowest BCUT2D eigenvalue weighted by Crippen LogP contribution is -1.99. The number of hydrogen-bond acceptors (Lipinski definition) is 1. The van der Waals surface area contributed by atoms with Crippen LogP contribution in [0, 0.1) is 6.42 Å². The first-order chi connectivity index (χ1) is 3.45. The van der Waals surface area contributed by atoms with Gasteiger partial charge in [-0.1, -0.05) is 0 Å². The molecule has 0 amide bonds. The van der Waals surface area contributed by atoms with E-state index in [0.717, 1.165) is 5.69 Å². The topological polar surface area (TPSA) is 12.9 Å². The molecule has 0 unspecified atom stereocenters. The fourth-order valence-corrected chi connectivity index (χ4v) is 0.709. The smallest absolute Gasteiger partial charge is 0.0491 e. The Bertz CT molecular complexity index is 168. The van der Waals surface area contributed by atoms with Gasteiger partial charge in [-0.3, -0.25) is 4.98 Å². The van der Waals surface area contributed by atoms with E-state index in [1.165, 1.54) is 5.56 Å². The molecule has 0 aromatic carbocycles. The Labute approximate surface area is 42.0 Å². The van der Waals surface area contributed by atoms with Crippen molar-refractivity contribution in [3.05, 3.63) is 36.0 Å². The molecule has 33 valence electrons. The van der Waals surface area contributed by atoms with Crippen molar-refractivity contribution in [1.29, 1.82) is 0 Å². The minimum atomic E-state index is 1.11. The number of hydrogen-bond donors (Lipinski definition) is 0. The SMILES string of the molecule is [CH]1c2ccnc1c2. The molecule has 0 atom stereocenters. The summed E-state index contributed by atoms with van der Waals surface area (Å²) in [6, 6.07) is 4.05. The normalized spacial score (nSPS) is 13.1. The van der Waals surface area contributed by atoms with Gasteiger partial charge in [0.2, 0.25) is 0 Å². The third-order valence-electron chi connectivity index (χ3n) is 1.12. The quantitative estimate of drug-likeness (QED) is 0.470. The molecule has 1 aromatic heterocycles. The van der Waals surface area contributed by atoms with Crippen LogP contribution in [-0.2, 0) is 0 Å². The third-order valence-corrected chi connectivity index (χ3v) is 1.12. The van der Waals surface area contributed by atoms with Gasteiger partial charge in [0.05, 0.1) is 0 Å². The zero-order valence-electron chi connectivity index (χ0n) is 3.76. The van der Waals surface area contributed by atoms with Crippen molar-refractivity contribution in [2.45, 2.75) is 0 Å². The highest BCUT2D eigenvalue weighted by atomic mass is 14.7. The third kappa shape index (κ3) is 0.296. The number of fused-ring (bicyclic) bond motifs is 2. The van der Waals surface area contributed by atoms with Gasteiger partial charge in [0.15, 0.2) is 0 Å². The lowest BCUT2D eigenvalue weighted by molar-refractivity contribution is 1.13. The highest BCUT2D eigenvalue weighted by molar-refractivity contribution is 5.43. The first-order valence-electron chi connectivity index (χ1n) is 2.26. The van der Waals surface area contributed by atoms with Gasteiger partial charge in [0.1, 0.15) is 0 Å². The van der Waals surface area contributed by atoms with Gasteiger partial charge in [-0.15, -0.1) is 0 Å². The summed E-state index contributed by atoms with van der Waals surface area (Å²) in [6.07, 6.45) is 3.88. The van der Waals surface area contributed by atoms with E-state index < -0.39 is 0 Å². The van der Waals surface area contributed by atoms with Crippen molar-refractivity contribution in [3.8, 4) is 0 Å². The highest BCUT2D eigenvalue weighted by Gasteiger charge is 2.06. The van der Waals surface area contributed by atoms with Gasteiger partial charge in [-0.05, 0) is 17.7 Å². The van der Waals surface area contributed by atoms with Crippen LogP contribution in [0.5, 0.6) is 0 Å². The molecule has 3 rings (SSSR count). The van der Waals surface area contributed by atoms with E-state index in [1.807, 2.05) is 12.3 Å². The standard InChI is InChI=1S/C6H4N/c1-2-7-6-3-5(1)4-6/h1-4H. The molecule has 1 aliphatic heterocycles. The number of nitrogens with zero attached hydrogens (tertiary/aromatic N) is 1. The maximum atomic E-state index is 4.00. The highest BCUT2D eigenvalue weighted by Crippen LogP contribution is 2.18. The maximum Gasteiger partial charge on any atom is 0.0491 e. The number of pyridine rings is 1. The molecule has 2 aliphatic rings. The summed E-state index contributed by atoms with van der Waals surface area (Å²) in [6.45, 7) is 0. The Kier molecular flexibility index (Phi) is 0.392. The largest absolute Gasteiger partial charge is 0.261 e. The zero-order chi connectivity index (χ0) is 4.69. The van der Waals surface area contributed by atoms with Crippen molar-refractivity contribution in [2.24, 2.45) is 0 Å². The van der Waals surface area contributed by atoms with Crippen molar-refractivity contribution < 1.29 is 0 Å². The van der Waals surface area contributed by atoms with Crippen LogP contribution < -0.4 is 0 Å². The molecule has 1 nitrogen and oxygen atoms in total. The summed E-state index contributed by atoms with van der Waals surface area (Å²) in [5.41, 5.74) is 2.41. The summed E-state index contributed by atoms with van der Waals surface area (Å²) in [5, 5.41) is 0. The monoisotopic (exact) mass is 90.0 g/mol. The van der Waals surface area contributed by atoms with E-state index in [2.05, 4.69) is 17.5 Å². The second-order valence-electron chi connectivity index (χ2n) is 1.66. The first kappa shape index (κ1) is 3.19. The molecular weight excluding hydrogens is 86.1 g/mol. The van der Waals surface area contributed by atoms with E-state index in [-0.39, 0.29) is 0 Å². The van der Waals surface area contributed by atoms with E-state index in [9.17, 15) is 0 Å². The lowest BCUT2D eigenvalue weighted by Gasteiger charge is -2.09. The van der Waals surface area contributed by atoms with E-state index in [0.29, 0.717) is 0 Å². The van der Waals surface area contributed by atoms with Crippen molar-refractivity contribution in [3.63, 3.8) is 0 Å². The fraction of sp³-hybridized carbons (Fsp3) is 0. The summed E-state index contributed by atoms with van der Waals surface area (Å²) in [7, 11) is 0. The molecule has 7 heavy (non-hydrogen) atoms. The maximum absolute atomic E-state index is 4.00. The molecule has 0 fully saturated rings. The molecule has 0 spiro atoms. The van der Waals surface area contributed by atoms with Gasteiger partial charge in [0, 0.05) is 18.3 Å². The van der Waals surface area contributed by atoms with Crippen LogP contribution in [0.3, 0.4) is 0 Å². The van der Waals surface area contributed by atoms with Crippen LogP contribution in [0.1, 0.15) is 11.3 Å². The van der Waals surface area contributed by atoms with Gasteiger partial charge in [-0.2, -0.15) is 0 Å². The van der Waals surface area contributed by atoms with Gasteiger partial charge in [-0.25, -0.2) is 0 Å². The summed E-state index contributed by atoms with van der Waals surface area (Å²) in [4.78, 5) is 4.00. The molecule has 2 bridgehead atoms. The van der Waals surface area contributed by atoms with Crippen LogP contribution >= 0.6 is 0 Å². The zero-order valence-corrected chi connectivity index (χ0v) is 3.76. The van der Waals surface area contributed by atoms with Crippen LogP contribution in [0.25, 0.3) is 0 Å². The first-order valence-corrected chi connectivity index (χ1v) is 2.26. The Hall–Kier alpha value is -0.850. The summed E-state index contributed by atoms with van der Waals surface area (Å²) in [5.74, 6) is 0. The summed E-state index contributed by atoms with van der Waals surface area (Å²) < 4.78 is 0. The molecule has 0 saturated carbocycles. The minimum Gasteiger partial charge on any atom is -0.261 e. The number of rotatable bonds is 0. The van der Waals surface area contributed by atoms with Gasteiger partial charge >= 0.3 is 0 Å². The lowest BCUT2D eigenvalue weighted by atomic mass is 10.0. The van der Waals surface area contributed by atoms with E-state index >= 15 is 0 Å². The van der Waals surface area contributed by atoms with Crippen molar-refractivity contribution >= 4 is 0 Å². The van der Waals surface area contributed by atoms with Crippen LogP contribution in [-0.4, -0.2) is 4.98 Å². The molecule has 2 heterocycles. The molecule has 1 heteroatoms. The Morgan fingerprint density at radius 2 is 2.29 bits per heavy atom. The second-order valence-corrected chi connectivity index (χ2v) is 1.66. The summed E-state index contributed by atoms with van der Waals surface area (Å²) >= 11 is 0. The Balaban J connectivity index is 2.78. The molecule has 1 aromatic rings. The van der Waals surface area contributed by atoms with Crippen LogP contribution in [0.4, 0.5) is 0 Å². The molecule has 1 radical (unpaired) electrons. The Morgan fingerprint density at radius 1 is 1.43 bits per heavy atom. The van der Waals surface area contributed by atoms with E-state index in [1.54, 1.807) is 0 Å². The Morgan fingerprint density at radius 3 is 2.43 bits per heavy atom. The van der Waals surface area contributed by atoms with Crippen LogP contribution in [0.15, 0.2) is 18.3 Å². The fourth-order valence-electron chi connectivity index (χ4n) is 0.709. The van der Waals surface area contributed by atoms with Crippen molar-refractivity contribution in [2.75, 3.05) is 0 Å².